The molecule has 2 aromatic rings. The number of aromatic nitrogens is 3. The second-order valence-corrected chi connectivity index (χ2v) is 3.82. The average molecular weight is 267 g/mol. The zero-order valence-electron chi connectivity index (χ0n) is 9.63. The first kappa shape index (κ1) is 12.4. The minimum absolute atomic E-state index is 0.0444. The minimum atomic E-state index is 0.0444. The van der Waals surface area contributed by atoms with Crippen LogP contribution in [0.4, 0.5) is 5.95 Å². The molecule has 0 atom stereocenters. The van der Waals surface area contributed by atoms with Gasteiger partial charge in [0.25, 0.3) is 0 Å². The van der Waals surface area contributed by atoms with Crippen LogP contribution in [0.5, 0.6) is 12.0 Å². The van der Waals surface area contributed by atoms with Gasteiger partial charge >= 0.3 is 12.0 Å². The molecule has 0 saturated heterocycles. The highest BCUT2D eigenvalue weighted by Gasteiger charge is 2.05. The van der Waals surface area contributed by atoms with Gasteiger partial charge in [-0.1, -0.05) is 23.7 Å². The number of methoxy groups -OCH3 is 1. The lowest BCUT2D eigenvalue weighted by molar-refractivity contribution is 0.271. The van der Waals surface area contributed by atoms with Gasteiger partial charge in [-0.3, -0.25) is 0 Å². The Morgan fingerprint density at radius 3 is 2.72 bits per heavy atom. The lowest BCUT2D eigenvalue weighted by Crippen LogP contribution is -2.05. The van der Waals surface area contributed by atoms with Crippen molar-refractivity contribution in [3.63, 3.8) is 0 Å². The molecule has 6 nitrogen and oxygen atoms in total. The van der Waals surface area contributed by atoms with E-state index in [-0.39, 0.29) is 24.6 Å². The van der Waals surface area contributed by atoms with Gasteiger partial charge in [0.1, 0.15) is 6.61 Å². The molecule has 1 heterocycles. The molecule has 0 fully saturated rings. The number of rotatable bonds is 4. The number of hydrogen-bond acceptors (Lipinski definition) is 6. The Balaban J connectivity index is 2.08. The molecule has 0 aliphatic carbocycles. The molecule has 0 aliphatic rings. The van der Waals surface area contributed by atoms with Crippen LogP contribution in [0.2, 0.25) is 5.02 Å². The van der Waals surface area contributed by atoms with Gasteiger partial charge in [0, 0.05) is 5.02 Å². The first-order valence-corrected chi connectivity index (χ1v) is 5.48. The zero-order chi connectivity index (χ0) is 13.0. The number of benzene rings is 1. The van der Waals surface area contributed by atoms with Crippen molar-refractivity contribution in [1.29, 1.82) is 0 Å². The van der Waals surface area contributed by atoms with Crippen molar-refractivity contribution in [2.75, 3.05) is 12.8 Å². The van der Waals surface area contributed by atoms with Gasteiger partial charge in [0.2, 0.25) is 5.95 Å². The third-order valence-electron chi connectivity index (χ3n) is 2.05. The van der Waals surface area contributed by atoms with E-state index in [1.54, 1.807) is 12.1 Å². The van der Waals surface area contributed by atoms with Gasteiger partial charge in [0.15, 0.2) is 0 Å². The van der Waals surface area contributed by atoms with Crippen molar-refractivity contribution in [1.82, 2.24) is 15.0 Å². The van der Waals surface area contributed by atoms with Crippen molar-refractivity contribution >= 4 is 17.5 Å². The summed E-state index contributed by atoms with van der Waals surface area (Å²) in [7, 11) is 1.44. The van der Waals surface area contributed by atoms with Crippen LogP contribution in [0.25, 0.3) is 0 Å². The lowest BCUT2D eigenvalue weighted by Gasteiger charge is -2.06. The summed E-state index contributed by atoms with van der Waals surface area (Å²) in [5.41, 5.74) is 6.39. The molecule has 0 radical (unpaired) electrons. The maximum atomic E-state index is 5.86. The molecule has 7 heteroatoms. The van der Waals surface area contributed by atoms with Gasteiger partial charge in [0.05, 0.1) is 7.11 Å². The second kappa shape index (κ2) is 5.50. The van der Waals surface area contributed by atoms with Crippen LogP contribution in [-0.2, 0) is 6.61 Å². The molecule has 0 aliphatic heterocycles. The molecule has 0 amide bonds. The monoisotopic (exact) mass is 266 g/mol. The van der Waals surface area contributed by atoms with Gasteiger partial charge in [-0.05, 0) is 17.7 Å². The van der Waals surface area contributed by atoms with E-state index in [0.717, 1.165) is 5.56 Å². The number of anilines is 1. The molecule has 1 aromatic heterocycles. The minimum Gasteiger partial charge on any atom is -0.467 e. The third kappa shape index (κ3) is 3.21. The first-order valence-electron chi connectivity index (χ1n) is 5.10. The van der Waals surface area contributed by atoms with E-state index >= 15 is 0 Å². The summed E-state index contributed by atoms with van der Waals surface area (Å²) in [6.07, 6.45) is 0. The average Bonchev–Trinajstić information content (AvgIpc) is 2.36. The van der Waals surface area contributed by atoms with Crippen LogP contribution in [0, 0.1) is 0 Å². The summed E-state index contributed by atoms with van der Waals surface area (Å²) < 4.78 is 10.3. The topological polar surface area (TPSA) is 83.2 Å². The Hall–Kier alpha value is -2.08. The first-order chi connectivity index (χ1) is 8.67. The lowest BCUT2D eigenvalue weighted by atomic mass is 10.2. The fourth-order valence-electron chi connectivity index (χ4n) is 1.28. The fourth-order valence-corrected chi connectivity index (χ4v) is 1.50. The molecule has 0 spiro atoms. The van der Waals surface area contributed by atoms with Crippen molar-refractivity contribution in [2.45, 2.75) is 6.61 Å². The molecule has 94 valence electrons. The van der Waals surface area contributed by atoms with Crippen molar-refractivity contribution < 1.29 is 9.47 Å². The van der Waals surface area contributed by atoms with Crippen molar-refractivity contribution in [3.8, 4) is 12.0 Å². The summed E-state index contributed by atoms with van der Waals surface area (Å²) in [5.74, 6) is 0.0444. The number of halogens is 1. The molecule has 0 saturated carbocycles. The Labute approximate surface area is 109 Å². The van der Waals surface area contributed by atoms with Gasteiger partial charge < -0.3 is 15.2 Å². The highest BCUT2D eigenvalue weighted by molar-refractivity contribution is 6.30. The molecular formula is C11H11ClN4O2. The normalized spacial score (nSPS) is 10.1. The molecule has 0 unspecified atom stereocenters. The highest BCUT2D eigenvalue weighted by atomic mass is 35.5. The highest BCUT2D eigenvalue weighted by Crippen LogP contribution is 2.14. The van der Waals surface area contributed by atoms with Gasteiger partial charge in [-0.15, -0.1) is 4.98 Å². The predicted octanol–water partition coefficient (Wildman–Crippen LogP) is 1.69. The number of nitrogens with zero attached hydrogens (tertiary/aromatic N) is 3. The van der Waals surface area contributed by atoms with Crippen molar-refractivity contribution in [3.05, 3.63) is 34.9 Å². The second-order valence-electron chi connectivity index (χ2n) is 3.38. The van der Waals surface area contributed by atoms with E-state index < -0.39 is 0 Å². The quantitative estimate of drug-likeness (QED) is 0.907. The number of ether oxygens (including phenoxy) is 2. The summed E-state index contributed by atoms with van der Waals surface area (Å²) in [6, 6.07) is 7.53. The van der Waals surface area contributed by atoms with E-state index in [0.29, 0.717) is 5.02 Å². The van der Waals surface area contributed by atoms with Crippen LogP contribution < -0.4 is 15.2 Å². The number of nitrogens with two attached hydrogens (primary N) is 1. The van der Waals surface area contributed by atoms with E-state index in [4.69, 9.17) is 26.8 Å². The van der Waals surface area contributed by atoms with E-state index in [1.807, 2.05) is 12.1 Å². The molecule has 0 bridgehead atoms. The van der Waals surface area contributed by atoms with E-state index in [1.165, 1.54) is 7.11 Å². The smallest absolute Gasteiger partial charge is 0.324 e. The summed E-state index contributed by atoms with van der Waals surface area (Å²) in [4.78, 5) is 11.5. The molecule has 2 N–H and O–H groups in total. The molecule has 2 rings (SSSR count). The summed E-state index contributed by atoms with van der Waals surface area (Å²) in [5, 5.41) is 0.642. The summed E-state index contributed by atoms with van der Waals surface area (Å²) in [6.45, 7) is 0.285. The zero-order valence-corrected chi connectivity index (χ0v) is 10.4. The fraction of sp³-hybridized carbons (Fsp3) is 0.182. The van der Waals surface area contributed by atoms with Crippen LogP contribution in [0.3, 0.4) is 0 Å². The third-order valence-corrected chi connectivity index (χ3v) is 2.29. The molecule has 18 heavy (non-hydrogen) atoms. The van der Waals surface area contributed by atoms with E-state index in [2.05, 4.69) is 15.0 Å². The Morgan fingerprint density at radius 2 is 2.00 bits per heavy atom. The largest absolute Gasteiger partial charge is 0.467 e. The van der Waals surface area contributed by atoms with Crippen LogP contribution in [0.1, 0.15) is 5.56 Å². The number of hydrogen-bond donors (Lipinski definition) is 1. The molecule has 1 aromatic carbocycles. The van der Waals surface area contributed by atoms with Gasteiger partial charge in [-0.25, -0.2) is 0 Å². The predicted molar refractivity (Wildman–Crippen MR) is 66.6 cm³/mol. The Bertz CT molecular complexity index is 550. The number of nitrogen functional groups attached to an aromatic ring is 1. The van der Waals surface area contributed by atoms with Gasteiger partial charge in [-0.2, -0.15) is 9.97 Å². The Kier molecular flexibility index (Phi) is 3.78. The van der Waals surface area contributed by atoms with Crippen LogP contribution in [-0.4, -0.2) is 22.1 Å². The van der Waals surface area contributed by atoms with Crippen LogP contribution >= 0.6 is 11.6 Å². The SMILES string of the molecule is COc1nc(N)nc(OCc2cccc(Cl)c2)n1. The van der Waals surface area contributed by atoms with E-state index in [9.17, 15) is 0 Å². The Morgan fingerprint density at radius 1 is 1.22 bits per heavy atom. The molecular weight excluding hydrogens is 256 g/mol. The maximum Gasteiger partial charge on any atom is 0.324 e. The standard InChI is InChI=1S/C11H11ClN4O2/c1-17-10-14-9(13)15-11(16-10)18-6-7-3-2-4-8(12)5-7/h2-5H,6H2,1H3,(H2,13,14,15,16). The maximum absolute atomic E-state index is 5.86. The van der Waals surface area contributed by atoms with Crippen molar-refractivity contribution in [2.24, 2.45) is 0 Å². The van der Waals surface area contributed by atoms with Crippen LogP contribution in [0.15, 0.2) is 24.3 Å². The summed E-state index contributed by atoms with van der Waals surface area (Å²) >= 11 is 5.86.